The van der Waals surface area contributed by atoms with Gasteiger partial charge >= 0.3 is 0 Å². The number of nitrogen functional groups attached to an aromatic ring is 1. The van der Waals surface area contributed by atoms with Gasteiger partial charge in [0.2, 0.25) is 0 Å². The van der Waals surface area contributed by atoms with Crippen molar-refractivity contribution in [1.29, 1.82) is 0 Å². The monoisotopic (exact) mass is 310 g/mol. The maximum atomic E-state index is 5.73. The molecule has 0 bridgehead atoms. The molecule has 0 saturated heterocycles. The zero-order valence-electron chi connectivity index (χ0n) is 9.85. The lowest BCUT2D eigenvalue weighted by atomic mass is 10.0. The number of benzene rings is 1. The Morgan fingerprint density at radius 1 is 1.12 bits per heavy atom. The van der Waals surface area contributed by atoms with Crippen molar-refractivity contribution >= 4 is 33.0 Å². The predicted octanol–water partition coefficient (Wildman–Crippen LogP) is 3.74. The number of thiophene rings is 1. The second-order valence-corrected chi connectivity index (χ2v) is 6.67. The molecule has 90 valence electrons. The van der Waals surface area contributed by atoms with Crippen molar-refractivity contribution < 1.29 is 0 Å². The van der Waals surface area contributed by atoms with Crippen molar-refractivity contribution in [3.05, 3.63) is 50.6 Å². The number of halogens is 1. The van der Waals surface area contributed by atoms with E-state index in [1.807, 2.05) is 12.1 Å². The van der Waals surface area contributed by atoms with Crippen LogP contribution in [0, 0.1) is 0 Å². The summed E-state index contributed by atoms with van der Waals surface area (Å²) in [6.45, 7) is 0. The van der Waals surface area contributed by atoms with E-state index in [-0.39, 0.29) is 6.04 Å². The van der Waals surface area contributed by atoms with Gasteiger partial charge in [0, 0.05) is 10.6 Å². The minimum absolute atomic E-state index is 0.284. The standard InChI is InChI=1S/C13H15BrN2S/c1-16(2)13(11-7-8-12(14)17-11)9-3-5-10(15)6-4-9/h3-8,13H,15H2,1-2H3. The molecular weight excluding hydrogens is 296 g/mol. The average molecular weight is 311 g/mol. The summed E-state index contributed by atoms with van der Waals surface area (Å²) in [7, 11) is 4.18. The van der Waals surface area contributed by atoms with Gasteiger partial charge in [-0.25, -0.2) is 0 Å². The zero-order chi connectivity index (χ0) is 12.4. The molecule has 1 aromatic carbocycles. The molecule has 0 saturated carbocycles. The van der Waals surface area contributed by atoms with E-state index in [0.29, 0.717) is 0 Å². The number of rotatable bonds is 3. The fourth-order valence-corrected chi connectivity index (χ4v) is 3.52. The summed E-state index contributed by atoms with van der Waals surface area (Å²) in [6.07, 6.45) is 0. The lowest BCUT2D eigenvalue weighted by Gasteiger charge is -2.23. The molecule has 2 nitrogen and oxygen atoms in total. The summed E-state index contributed by atoms with van der Waals surface area (Å²) in [6, 6.07) is 12.6. The van der Waals surface area contributed by atoms with E-state index < -0.39 is 0 Å². The first-order chi connectivity index (χ1) is 8.08. The molecule has 2 rings (SSSR count). The van der Waals surface area contributed by atoms with Crippen LogP contribution < -0.4 is 5.73 Å². The smallest absolute Gasteiger partial charge is 0.0702 e. The molecule has 1 unspecified atom stereocenters. The minimum Gasteiger partial charge on any atom is -0.399 e. The number of hydrogen-bond donors (Lipinski definition) is 1. The van der Waals surface area contributed by atoms with Gasteiger partial charge in [0.25, 0.3) is 0 Å². The summed E-state index contributed by atoms with van der Waals surface area (Å²) in [5.74, 6) is 0. The minimum atomic E-state index is 0.284. The summed E-state index contributed by atoms with van der Waals surface area (Å²) < 4.78 is 1.16. The molecule has 1 atom stereocenters. The van der Waals surface area contributed by atoms with Crippen LogP contribution in [0.4, 0.5) is 5.69 Å². The van der Waals surface area contributed by atoms with Crippen LogP contribution in [0.25, 0.3) is 0 Å². The molecule has 2 N–H and O–H groups in total. The average Bonchev–Trinajstić information content (AvgIpc) is 2.68. The highest BCUT2D eigenvalue weighted by molar-refractivity contribution is 9.11. The predicted molar refractivity (Wildman–Crippen MR) is 78.4 cm³/mol. The molecule has 0 aliphatic heterocycles. The van der Waals surface area contributed by atoms with Crippen LogP contribution in [0.1, 0.15) is 16.5 Å². The second-order valence-electron chi connectivity index (χ2n) is 4.17. The SMILES string of the molecule is CN(C)C(c1ccc(N)cc1)c1ccc(Br)s1. The third kappa shape index (κ3) is 2.89. The fraction of sp³-hybridized carbons (Fsp3) is 0.231. The molecule has 2 aromatic rings. The van der Waals surface area contributed by atoms with E-state index in [1.54, 1.807) is 11.3 Å². The number of nitrogens with zero attached hydrogens (tertiary/aromatic N) is 1. The quantitative estimate of drug-likeness (QED) is 0.875. The molecule has 0 fully saturated rings. The summed E-state index contributed by atoms with van der Waals surface area (Å²) in [5, 5.41) is 0. The Morgan fingerprint density at radius 3 is 2.24 bits per heavy atom. The molecule has 0 aliphatic carbocycles. The van der Waals surface area contributed by atoms with Crippen LogP contribution in [-0.4, -0.2) is 19.0 Å². The number of nitrogens with two attached hydrogens (primary N) is 1. The van der Waals surface area contributed by atoms with Gasteiger partial charge in [0.1, 0.15) is 0 Å². The van der Waals surface area contributed by atoms with Gasteiger partial charge in [0.15, 0.2) is 0 Å². The highest BCUT2D eigenvalue weighted by Crippen LogP contribution is 2.34. The first-order valence-electron chi connectivity index (χ1n) is 5.35. The number of hydrogen-bond acceptors (Lipinski definition) is 3. The van der Waals surface area contributed by atoms with Crippen molar-refractivity contribution in [1.82, 2.24) is 4.90 Å². The lowest BCUT2D eigenvalue weighted by Crippen LogP contribution is -2.20. The molecule has 17 heavy (non-hydrogen) atoms. The lowest BCUT2D eigenvalue weighted by molar-refractivity contribution is 0.346. The molecule has 1 heterocycles. The van der Waals surface area contributed by atoms with Crippen molar-refractivity contribution in [2.24, 2.45) is 0 Å². The van der Waals surface area contributed by atoms with Gasteiger partial charge in [-0.1, -0.05) is 12.1 Å². The maximum absolute atomic E-state index is 5.73. The molecule has 1 aromatic heterocycles. The van der Waals surface area contributed by atoms with Crippen LogP contribution in [-0.2, 0) is 0 Å². The highest BCUT2D eigenvalue weighted by Gasteiger charge is 2.18. The Labute approximate surface area is 114 Å². The Hall–Kier alpha value is -0.840. The first-order valence-corrected chi connectivity index (χ1v) is 6.96. The van der Waals surface area contributed by atoms with Crippen molar-refractivity contribution in [2.75, 3.05) is 19.8 Å². The van der Waals surface area contributed by atoms with Gasteiger partial charge in [-0.3, -0.25) is 4.90 Å². The molecule has 0 amide bonds. The summed E-state index contributed by atoms with van der Waals surface area (Å²) >= 11 is 5.28. The molecule has 0 radical (unpaired) electrons. The summed E-state index contributed by atoms with van der Waals surface area (Å²) in [4.78, 5) is 3.54. The Bertz CT molecular complexity index is 490. The Morgan fingerprint density at radius 2 is 1.76 bits per heavy atom. The van der Waals surface area contributed by atoms with Gasteiger partial charge in [-0.15, -0.1) is 11.3 Å². The third-order valence-corrected chi connectivity index (χ3v) is 4.31. The zero-order valence-corrected chi connectivity index (χ0v) is 12.3. The Balaban J connectivity index is 2.39. The van der Waals surface area contributed by atoms with E-state index in [1.165, 1.54) is 10.4 Å². The third-order valence-electron chi connectivity index (χ3n) is 2.63. The second kappa shape index (κ2) is 5.21. The first kappa shape index (κ1) is 12.6. The van der Waals surface area contributed by atoms with Gasteiger partial charge in [-0.2, -0.15) is 0 Å². The molecule has 4 heteroatoms. The van der Waals surface area contributed by atoms with Crippen LogP contribution in [0.15, 0.2) is 40.2 Å². The van der Waals surface area contributed by atoms with Gasteiger partial charge < -0.3 is 5.73 Å². The van der Waals surface area contributed by atoms with Gasteiger partial charge in [0.05, 0.1) is 9.83 Å². The summed E-state index contributed by atoms with van der Waals surface area (Å²) in [5.41, 5.74) is 7.79. The van der Waals surface area contributed by atoms with Crippen LogP contribution in [0.3, 0.4) is 0 Å². The highest BCUT2D eigenvalue weighted by atomic mass is 79.9. The largest absolute Gasteiger partial charge is 0.399 e. The normalized spacial score (nSPS) is 12.9. The van der Waals surface area contributed by atoms with Crippen molar-refractivity contribution in [2.45, 2.75) is 6.04 Å². The van der Waals surface area contributed by atoms with Crippen molar-refractivity contribution in [3.8, 4) is 0 Å². The molecular formula is C13H15BrN2S. The molecule has 0 aliphatic rings. The van der Waals surface area contributed by atoms with Crippen molar-refractivity contribution in [3.63, 3.8) is 0 Å². The van der Waals surface area contributed by atoms with Crippen LogP contribution in [0.5, 0.6) is 0 Å². The van der Waals surface area contributed by atoms with Gasteiger partial charge in [-0.05, 0) is 59.9 Å². The Kier molecular flexibility index (Phi) is 3.86. The van der Waals surface area contributed by atoms with E-state index in [0.717, 1.165) is 9.47 Å². The maximum Gasteiger partial charge on any atom is 0.0702 e. The molecule has 0 spiro atoms. The van der Waals surface area contributed by atoms with E-state index in [2.05, 4.69) is 59.2 Å². The van der Waals surface area contributed by atoms with E-state index in [9.17, 15) is 0 Å². The fourth-order valence-electron chi connectivity index (χ4n) is 1.87. The van der Waals surface area contributed by atoms with Crippen LogP contribution >= 0.6 is 27.3 Å². The number of anilines is 1. The topological polar surface area (TPSA) is 29.3 Å². The van der Waals surface area contributed by atoms with E-state index >= 15 is 0 Å². The van der Waals surface area contributed by atoms with Crippen LogP contribution in [0.2, 0.25) is 0 Å². The van der Waals surface area contributed by atoms with E-state index in [4.69, 9.17) is 5.73 Å².